The Morgan fingerprint density at radius 3 is 2.67 bits per heavy atom. The van der Waals surface area contributed by atoms with Gasteiger partial charge in [0.25, 0.3) is 5.91 Å². The predicted octanol–water partition coefficient (Wildman–Crippen LogP) is 2.42. The summed E-state index contributed by atoms with van der Waals surface area (Å²) in [5.74, 6) is -0.249. The topological polar surface area (TPSA) is 71.5 Å². The average molecular weight is 327 g/mol. The van der Waals surface area contributed by atoms with Crippen LogP contribution in [0.4, 0.5) is 5.69 Å². The highest BCUT2D eigenvalue weighted by atomic mass is 16.5. The first-order valence-electron chi connectivity index (χ1n) is 7.54. The summed E-state index contributed by atoms with van der Waals surface area (Å²) in [6.07, 6.45) is 0. The van der Waals surface area contributed by atoms with Crippen molar-refractivity contribution >= 4 is 17.5 Å². The van der Waals surface area contributed by atoms with Crippen molar-refractivity contribution in [1.29, 1.82) is 0 Å². The van der Waals surface area contributed by atoms with Gasteiger partial charge in [-0.05, 0) is 37.1 Å². The number of amides is 2. The van der Waals surface area contributed by atoms with Crippen molar-refractivity contribution in [3.05, 3.63) is 53.2 Å². The fraction of sp³-hybridized carbons (Fsp3) is 0.278. The Morgan fingerprint density at radius 2 is 1.96 bits per heavy atom. The number of aromatic nitrogens is 1. The molecule has 0 fully saturated rings. The number of pyridine rings is 1. The second-order valence-corrected chi connectivity index (χ2v) is 5.59. The first kappa shape index (κ1) is 17.5. The molecule has 2 aromatic rings. The molecular formula is C18H21N3O3. The first-order chi connectivity index (χ1) is 11.4. The maximum absolute atomic E-state index is 12.3. The van der Waals surface area contributed by atoms with Gasteiger partial charge in [-0.15, -0.1) is 0 Å². The number of benzene rings is 1. The number of carbonyl (C=O) groups is 2. The summed E-state index contributed by atoms with van der Waals surface area (Å²) in [5, 5.41) is 2.83. The molecule has 6 nitrogen and oxygen atoms in total. The maximum atomic E-state index is 12.3. The van der Waals surface area contributed by atoms with E-state index in [0.29, 0.717) is 5.88 Å². The molecule has 2 rings (SSSR count). The molecule has 0 atom stereocenters. The number of rotatable bonds is 5. The molecule has 0 bridgehead atoms. The van der Waals surface area contributed by atoms with Gasteiger partial charge in [0.2, 0.25) is 11.8 Å². The van der Waals surface area contributed by atoms with Crippen LogP contribution in [0, 0.1) is 13.8 Å². The van der Waals surface area contributed by atoms with Gasteiger partial charge in [0.1, 0.15) is 5.69 Å². The molecule has 0 aliphatic carbocycles. The van der Waals surface area contributed by atoms with Crippen LogP contribution in [0.3, 0.4) is 0 Å². The van der Waals surface area contributed by atoms with Crippen LogP contribution in [-0.4, -0.2) is 42.4 Å². The summed E-state index contributed by atoms with van der Waals surface area (Å²) < 4.78 is 5.01. The number of nitrogens with zero attached hydrogens (tertiary/aromatic N) is 2. The molecule has 0 aliphatic heterocycles. The summed E-state index contributed by atoms with van der Waals surface area (Å²) in [7, 11) is 3.05. The minimum atomic E-state index is -0.343. The SMILES string of the molecule is COc1cccc(C(=O)N(C)CC(=O)Nc2cc(C)ccc2C)n1. The smallest absolute Gasteiger partial charge is 0.272 e. The Morgan fingerprint density at radius 1 is 1.21 bits per heavy atom. The molecule has 0 radical (unpaired) electrons. The summed E-state index contributed by atoms with van der Waals surface area (Å²) in [6, 6.07) is 10.8. The van der Waals surface area contributed by atoms with Gasteiger partial charge in [0.15, 0.2) is 0 Å². The Bertz CT molecular complexity index is 759. The number of hydrogen-bond donors (Lipinski definition) is 1. The Labute approximate surface area is 141 Å². The number of nitrogens with one attached hydrogen (secondary N) is 1. The van der Waals surface area contributed by atoms with E-state index in [4.69, 9.17) is 4.74 Å². The molecular weight excluding hydrogens is 306 g/mol. The van der Waals surface area contributed by atoms with Crippen molar-refractivity contribution in [3.8, 4) is 5.88 Å². The standard InChI is InChI=1S/C18H21N3O3/c1-12-8-9-13(2)15(10-12)19-16(22)11-21(3)18(23)14-6-5-7-17(20-14)24-4/h5-10H,11H2,1-4H3,(H,19,22). The number of ether oxygens (including phenoxy) is 1. The third kappa shape index (κ3) is 4.32. The number of likely N-dealkylation sites (N-methyl/N-ethyl adjacent to an activating group) is 1. The second kappa shape index (κ2) is 7.59. The lowest BCUT2D eigenvalue weighted by molar-refractivity contribution is -0.116. The molecule has 0 spiro atoms. The molecule has 1 N–H and O–H groups in total. The molecule has 1 aromatic heterocycles. The van der Waals surface area contributed by atoms with Crippen molar-refractivity contribution in [2.45, 2.75) is 13.8 Å². The van der Waals surface area contributed by atoms with Gasteiger partial charge in [-0.2, -0.15) is 0 Å². The molecule has 6 heteroatoms. The van der Waals surface area contributed by atoms with Crippen LogP contribution in [0.2, 0.25) is 0 Å². The summed E-state index contributed by atoms with van der Waals surface area (Å²) in [6.45, 7) is 3.81. The van der Waals surface area contributed by atoms with Crippen molar-refractivity contribution in [2.24, 2.45) is 0 Å². The van der Waals surface area contributed by atoms with Crippen LogP contribution in [-0.2, 0) is 4.79 Å². The van der Waals surface area contributed by atoms with Crippen molar-refractivity contribution < 1.29 is 14.3 Å². The molecule has 0 aliphatic rings. The van der Waals surface area contributed by atoms with E-state index in [1.54, 1.807) is 25.2 Å². The van der Waals surface area contributed by atoms with Crippen molar-refractivity contribution in [1.82, 2.24) is 9.88 Å². The van der Waals surface area contributed by atoms with E-state index >= 15 is 0 Å². The van der Waals surface area contributed by atoms with Gasteiger partial charge in [0.05, 0.1) is 13.7 Å². The van der Waals surface area contributed by atoms with E-state index < -0.39 is 0 Å². The van der Waals surface area contributed by atoms with Gasteiger partial charge in [-0.3, -0.25) is 9.59 Å². The van der Waals surface area contributed by atoms with Crippen molar-refractivity contribution in [3.63, 3.8) is 0 Å². The minimum absolute atomic E-state index is 0.0644. The van der Waals surface area contributed by atoms with Gasteiger partial charge in [-0.1, -0.05) is 18.2 Å². The van der Waals surface area contributed by atoms with Crippen LogP contribution < -0.4 is 10.1 Å². The highest BCUT2D eigenvalue weighted by Crippen LogP contribution is 2.16. The third-order valence-corrected chi connectivity index (χ3v) is 3.55. The average Bonchev–Trinajstić information content (AvgIpc) is 2.57. The number of carbonyl (C=O) groups excluding carboxylic acids is 2. The minimum Gasteiger partial charge on any atom is -0.481 e. The predicted molar refractivity (Wildman–Crippen MR) is 92.3 cm³/mol. The quantitative estimate of drug-likeness (QED) is 0.915. The summed E-state index contributed by atoms with van der Waals surface area (Å²) in [4.78, 5) is 30.0. The number of aryl methyl sites for hydroxylation is 2. The van der Waals surface area contributed by atoms with Gasteiger partial charge in [-0.25, -0.2) is 4.98 Å². The fourth-order valence-electron chi connectivity index (χ4n) is 2.19. The largest absolute Gasteiger partial charge is 0.481 e. The van der Waals surface area contributed by atoms with Crippen LogP contribution in [0.5, 0.6) is 5.88 Å². The highest BCUT2D eigenvalue weighted by molar-refractivity contribution is 5.98. The molecule has 126 valence electrons. The molecule has 1 heterocycles. The highest BCUT2D eigenvalue weighted by Gasteiger charge is 2.17. The van der Waals surface area contributed by atoms with E-state index in [2.05, 4.69) is 10.3 Å². The zero-order valence-corrected chi connectivity index (χ0v) is 14.3. The molecule has 0 saturated carbocycles. The fourth-order valence-corrected chi connectivity index (χ4v) is 2.19. The third-order valence-electron chi connectivity index (χ3n) is 3.55. The van der Waals surface area contributed by atoms with Crippen LogP contribution in [0.15, 0.2) is 36.4 Å². The van der Waals surface area contributed by atoms with E-state index in [1.165, 1.54) is 12.0 Å². The zero-order chi connectivity index (χ0) is 17.7. The van der Waals surface area contributed by atoms with Crippen LogP contribution in [0.25, 0.3) is 0 Å². The molecule has 0 saturated heterocycles. The molecule has 1 aromatic carbocycles. The van der Waals surface area contributed by atoms with Gasteiger partial charge < -0.3 is 15.0 Å². The monoisotopic (exact) mass is 327 g/mol. The number of anilines is 1. The first-order valence-corrected chi connectivity index (χ1v) is 7.54. The van der Waals surface area contributed by atoms with Crippen LogP contribution >= 0.6 is 0 Å². The maximum Gasteiger partial charge on any atom is 0.272 e. The lowest BCUT2D eigenvalue weighted by atomic mass is 10.1. The van der Waals surface area contributed by atoms with Crippen molar-refractivity contribution in [2.75, 3.05) is 26.0 Å². The second-order valence-electron chi connectivity index (χ2n) is 5.59. The van der Waals surface area contributed by atoms with Gasteiger partial charge in [0, 0.05) is 18.8 Å². The van der Waals surface area contributed by atoms with Gasteiger partial charge >= 0.3 is 0 Å². The summed E-state index contributed by atoms with van der Waals surface area (Å²) in [5.41, 5.74) is 3.01. The Balaban J connectivity index is 2.02. The zero-order valence-electron chi connectivity index (χ0n) is 14.3. The Hall–Kier alpha value is -2.89. The van der Waals surface area contributed by atoms with E-state index in [9.17, 15) is 9.59 Å². The molecule has 24 heavy (non-hydrogen) atoms. The summed E-state index contributed by atoms with van der Waals surface area (Å²) >= 11 is 0. The molecule has 0 unspecified atom stereocenters. The normalized spacial score (nSPS) is 10.2. The number of hydrogen-bond acceptors (Lipinski definition) is 4. The van der Waals surface area contributed by atoms with E-state index in [-0.39, 0.29) is 24.1 Å². The molecule has 2 amide bonds. The van der Waals surface area contributed by atoms with E-state index in [0.717, 1.165) is 16.8 Å². The lowest BCUT2D eigenvalue weighted by Gasteiger charge is -2.17. The number of methoxy groups -OCH3 is 1. The lowest BCUT2D eigenvalue weighted by Crippen LogP contribution is -2.35. The van der Waals surface area contributed by atoms with E-state index in [1.807, 2.05) is 32.0 Å². The van der Waals surface area contributed by atoms with Crippen LogP contribution in [0.1, 0.15) is 21.6 Å². The Kier molecular flexibility index (Phi) is 5.52.